The van der Waals surface area contributed by atoms with Crippen molar-refractivity contribution in [3.63, 3.8) is 0 Å². The second kappa shape index (κ2) is 16.6. The van der Waals surface area contributed by atoms with Crippen LogP contribution in [-0.4, -0.2) is 36.5 Å². The van der Waals surface area contributed by atoms with Gasteiger partial charge in [-0.1, -0.05) is 105 Å². The molecule has 0 N–H and O–H groups in total. The summed E-state index contributed by atoms with van der Waals surface area (Å²) in [5.74, 6) is -0.167. The summed E-state index contributed by atoms with van der Waals surface area (Å²) < 4.78 is 7.44. The average molecular weight is 759 g/mol. The summed E-state index contributed by atoms with van der Waals surface area (Å²) in [7, 11) is 1.47. The van der Waals surface area contributed by atoms with Crippen molar-refractivity contribution in [1.29, 1.82) is 0 Å². The van der Waals surface area contributed by atoms with Crippen molar-refractivity contribution in [3.8, 4) is 0 Å². The molecule has 1 aliphatic carbocycles. The largest absolute Gasteiger partial charge is 0.469 e. The Bertz CT molecular complexity index is 2250. The maximum atomic E-state index is 12.2. The molecule has 5 nitrogen and oxygen atoms in total. The summed E-state index contributed by atoms with van der Waals surface area (Å²) in [6.07, 6.45) is 14.9. The Morgan fingerprint density at radius 1 is 0.789 bits per heavy atom. The lowest BCUT2D eigenvalue weighted by Gasteiger charge is -2.29. The fraction of sp³-hybridized carbons (Fsp3) is 0.346. The second-order valence-corrected chi connectivity index (χ2v) is 17.0. The van der Waals surface area contributed by atoms with E-state index in [0.717, 1.165) is 50.1 Å². The van der Waals surface area contributed by atoms with Gasteiger partial charge >= 0.3 is 5.97 Å². The molecule has 7 rings (SSSR count). The van der Waals surface area contributed by atoms with Gasteiger partial charge in [0.25, 0.3) is 0 Å². The second-order valence-electron chi connectivity index (χ2n) is 17.0. The molecule has 4 aromatic rings. The quantitative estimate of drug-likeness (QED) is 0.100. The van der Waals surface area contributed by atoms with Crippen LogP contribution in [0.15, 0.2) is 144 Å². The van der Waals surface area contributed by atoms with Gasteiger partial charge in [0.1, 0.15) is 6.54 Å². The van der Waals surface area contributed by atoms with Gasteiger partial charge in [-0.2, -0.15) is 4.58 Å². The van der Waals surface area contributed by atoms with Gasteiger partial charge in [-0.3, -0.25) is 4.79 Å². The number of rotatable bonds is 13. The van der Waals surface area contributed by atoms with Crippen molar-refractivity contribution < 1.29 is 14.1 Å². The number of carbonyl (C=O) groups excluding carboxylic acids is 1. The summed E-state index contributed by atoms with van der Waals surface area (Å²) in [6.45, 7) is 17.8. The van der Waals surface area contributed by atoms with Crippen LogP contribution in [0, 0.1) is 13.8 Å². The van der Waals surface area contributed by atoms with E-state index in [1.54, 1.807) is 0 Å². The van der Waals surface area contributed by atoms with Crippen LogP contribution < -0.4 is 9.80 Å². The number of esters is 1. The summed E-state index contributed by atoms with van der Waals surface area (Å²) in [5, 5.41) is 0. The van der Waals surface area contributed by atoms with E-state index in [9.17, 15) is 4.79 Å². The maximum absolute atomic E-state index is 12.2. The van der Waals surface area contributed by atoms with Gasteiger partial charge < -0.3 is 14.5 Å². The number of carbonyl (C=O) groups is 1. The van der Waals surface area contributed by atoms with Crippen molar-refractivity contribution in [2.75, 3.05) is 30.0 Å². The highest BCUT2D eigenvalue weighted by molar-refractivity contribution is 6.03. The molecule has 0 bridgehead atoms. The number of aryl methyl sites for hydroxylation is 2. The molecule has 0 amide bonds. The zero-order valence-corrected chi connectivity index (χ0v) is 35.4. The Morgan fingerprint density at radius 3 is 2.09 bits per heavy atom. The summed E-state index contributed by atoms with van der Waals surface area (Å²) in [6, 6.07) is 35.4. The fourth-order valence-electron chi connectivity index (χ4n) is 9.10. The van der Waals surface area contributed by atoms with E-state index in [2.05, 4.69) is 184 Å². The lowest BCUT2D eigenvalue weighted by atomic mass is 9.80. The Hall–Kier alpha value is -5.42. The normalized spacial score (nSPS) is 18.3. The molecule has 0 aromatic heterocycles. The van der Waals surface area contributed by atoms with Crippen LogP contribution in [0.25, 0.3) is 0 Å². The molecule has 2 heterocycles. The van der Waals surface area contributed by atoms with E-state index in [-0.39, 0.29) is 16.8 Å². The number of benzene rings is 4. The van der Waals surface area contributed by atoms with Crippen LogP contribution in [0.1, 0.15) is 95.4 Å². The lowest BCUT2D eigenvalue weighted by molar-refractivity contribution is -0.438. The topological polar surface area (TPSA) is 35.8 Å². The smallest absolute Gasteiger partial charge is 0.305 e. The summed E-state index contributed by atoms with van der Waals surface area (Å²) >= 11 is 0. The van der Waals surface area contributed by atoms with Crippen molar-refractivity contribution >= 4 is 34.4 Å². The summed E-state index contributed by atoms with van der Waals surface area (Å²) in [4.78, 5) is 17.2. The highest BCUT2D eigenvalue weighted by atomic mass is 16.5. The first-order valence-electron chi connectivity index (χ1n) is 20.9. The Kier molecular flexibility index (Phi) is 11.6. The number of hydrogen-bond donors (Lipinski definition) is 0. The predicted molar refractivity (Wildman–Crippen MR) is 238 cm³/mol. The van der Waals surface area contributed by atoms with Crippen LogP contribution in [-0.2, 0) is 20.4 Å². The first-order valence-corrected chi connectivity index (χ1v) is 20.9. The van der Waals surface area contributed by atoms with E-state index in [0.29, 0.717) is 12.8 Å². The maximum Gasteiger partial charge on any atom is 0.305 e. The highest BCUT2D eigenvalue weighted by Crippen LogP contribution is 2.49. The van der Waals surface area contributed by atoms with Gasteiger partial charge in [0, 0.05) is 58.8 Å². The number of anilines is 3. The molecule has 57 heavy (non-hydrogen) atoms. The van der Waals surface area contributed by atoms with Crippen molar-refractivity contribution in [3.05, 3.63) is 166 Å². The first kappa shape index (κ1) is 39.8. The molecule has 5 heteroatoms. The molecule has 0 saturated carbocycles. The molecule has 0 unspecified atom stereocenters. The molecule has 3 aliphatic rings. The Balaban J connectivity index is 1.39. The van der Waals surface area contributed by atoms with Gasteiger partial charge in [-0.15, -0.1) is 0 Å². The van der Waals surface area contributed by atoms with Gasteiger partial charge in [-0.25, -0.2) is 0 Å². The molecule has 294 valence electrons. The Morgan fingerprint density at radius 2 is 1.44 bits per heavy atom. The zero-order valence-electron chi connectivity index (χ0n) is 35.4. The molecule has 4 aromatic carbocycles. The van der Waals surface area contributed by atoms with Crippen molar-refractivity contribution in [2.45, 2.75) is 97.8 Å². The van der Waals surface area contributed by atoms with Crippen molar-refractivity contribution in [2.24, 2.45) is 0 Å². The van der Waals surface area contributed by atoms with Crippen molar-refractivity contribution in [1.82, 2.24) is 0 Å². The van der Waals surface area contributed by atoms with Gasteiger partial charge in [0.05, 0.1) is 24.6 Å². The molecule has 2 aliphatic heterocycles. The number of ether oxygens (including phenoxy) is 1. The number of fused-ring (bicyclic) bond motifs is 2. The highest BCUT2D eigenvalue weighted by Gasteiger charge is 2.44. The number of para-hydroxylation sites is 2. The van der Waals surface area contributed by atoms with E-state index in [1.165, 1.54) is 69.0 Å². The lowest BCUT2D eigenvalue weighted by Crippen LogP contribution is -2.28. The molecular weight excluding hydrogens is 699 g/mol. The van der Waals surface area contributed by atoms with Gasteiger partial charge in [0.15, 0.2) is 5.71 Å². The number of unbranched alkanes of at least 4 members (excludes halogenated alkanes) is 1. The Labute approximate surface area is 341 Å². The average Bonchev–Trinajstić information content (AvgIpc) is 3.76. The minimum atomic E-state index is -0.215. The number of nitrogens with zero attached hydrogens (tertiary/aromatic N) is 3. The molecular formula is C52H60N3O2+. The van der Waals surface area contributed by atoms with Gasteiger partial charge in [0.2, 0.25) is 5.69 Å². The van der Waals surface area contributed by atoms with E-state index >= 15 is 0 Å². The fourth-order valence-corrected chi connectivity index (χ4v) is 9.10. The van der Waals surface area contributed by atoms with Crippen LogP contribution in [0.5, 0.6) is 0 Å². The third-order valence-electron chi connectivity index (χ3n) is 12.2. The zero-order chi connectivity index (χ0) is 40.3. The molecule has 0 saturated heterocycles. The van der Waals surface area contributed by atoms with Crippen LogP contribution >= 0.6 is 0 Å². The number of methoxy groups -OCH3 is 1. The van der Waals surface area contributed by atoms with Gasteiger partial charge in [-0.05, 0) is 106 Å². The molecule has 0 radical (unpaired) electrons. The van der Waals surface area contributed by atoms with Crippen LogP contribution in [0.2, 0.25) is 0 Å². The molecule has 0 atom stereocenters. The molecule has 0 fully saturated rings. The van der Waals surface area contributed by atoms with Crippen LogP contribution in [0.3, 0.4) is 0 Å². The third-order valence-corrected chi connectivity index (χ3v) is 12.2. The third kappa shape index (κ3) is 7.82. The summed E-state index contributed by atoms with van der Waals surface area (Å²) in [5.41, 5.74) is 16.3. The monoisotopic (exact) mass is 758 g/mol. The molecule has 0 spiro atoms. The van der Waals surface area contributed by atoms with Crippen LogP contribution in [0.4, 0.5) is 22.7 Å². The first-order chi connectivity index (χ1) is 27.4. The predicted octanol–water partition coefficient (Wildman–Crippen LogP) is 12.5. The van der Waals surface area contributed by atoms with E-state index in [1.807, 2.05) is 0 Å². The minimum Gasteiger partial charge on any atom is -0.469 e. The van der Waals surface area contributed by atoms with E-state index in [4.69, 9.17) is 4.74 Å². The standard InChI is InChI=1S/C52H60N3O2/c1-9-10-33-53-45-29-23-37(2)35-43(45)51(4,5)47(53)31-27-39-25-26-40(50(39)55(41-18-13-11-14-19-41)42-20-15-12-16-21-42)28-32-48-52(6,7)44-36-38(3)24-30-46(44)54(48)34-17-22-49(56)57-8/h11-16,18-21,23-24,27-32,35-36H,9-10,17,22,25-26,33-34H2,1-8H3/q+1. The number of allylic oxidation sites excluding steroid dienone is 7. The SMILES string of the molecule is CCCCN1/C(=C/C=C2\CCC(/C=C/C3=[N+](CCCC(=O)OC)c4ccc(C)cc4C3(C)C)=C2N(c2ccccc2)c2ccccc2)C(C)(C)c2cc(C)ccc21. The number of hydrogen-bond acceptors (Lipinski definition) is 4. The van der Waals surface area contributed by atoms with E-state index < -0.39 is 0 Å². The minimum absolute atomic E-state index is 0.120.